The fraction of sp³-hybridized carbons (Fsp3) is 0.444. The van der Waals surface area contributed by atoms with Crippen molar-refractivity contribution in [3.05, 3.63) is 58.9 Å². The molecule has 0 amide bonds. The quantitative estimate of drug-likeness (QED) is 0.837. The molecular weight excluding hydrogens is 244 g/mol. The van der Waals surface area contributed by atoms with Crippen molar-refractivity contribution in [2.45, 2.75) is 45.2 Å². The van der Waals surface area contributed by atoms with Gasteiger partial charge in [-0.3, -0.25) is 0 Å². The standard InChI is InChI=1S/C18H24N2/c1-14-6-5-7-15(10-14)11-20-12-16-8-3-4-9-18(19-2)17(16)13-20/h5-7,10,12-13,18-19H,3-4,8-9,11H2,1-2H3. The van der Waals surface area contributed by atoms with E-state index in [1.54, 1.807) is 0 Å². The van der Waals surface area contributed by atoms with Gasteiger partial charge >= 0.3 is 0 Å². The van der Waals surface area contributed by atoms with Crippen LogP contribution in [0.4, 0.5) is 0 Å². The van der Waals surface area contributed by atoms with E-state index in [-0.39, 0.29) is 0 Å². The van der Waals surface area contributed by atoms with Crippen molar-refractivity contribution in [2.75, 3.05) is 7.05 Å². The lowest BCUT2D eigenvalue weighted by molar-refractivity contribution is 0.531. The van der Waals surface area contributed by atoms with Crippen LogP contribution in [0.5, 0.6) is 0 Å². The van der Waals surface area contributed by atoms with Crippen LogP contribution in [0.2, 0.25) is 0 Å². The van der Waals surface area contributed by atoms with Gasteiger partial charge in [0, 0.05) is 25.0 Å². The van der Waals surface area contributed by atoms with Crippen molar-refractivity contribution in [1.29, 1.82) is 0 Å². The fourth-order valence-corrected chi connectivity index (χ4v) is 3.33. The van der Waals surface area contributed by atoms with Crippen LogP contribution in [0.3, 0.4) is 0 Å². The molecule has 2 nitrogen and oxygen atoms in total. The van der Waals surface area contributed by atoms with Crippen molar-refractivity contribution in [2.24, 2.45) is 0 Å². The number of hydrogen-bond donors (Lipinski definition) is 1. The zero-order valence-electron chi connectivity index (χ0n) is 12.5. The third kappa shape index (κ3) is 2.80. The molecule has 20 heavy (non-hydrogen) atoms. The Labute approximate surface area is 121 Å². The molecule has 1 aromatic carbocycles. The van der Waals surface area contributed by atoms with Crippen LogP contribution in [0.25, 0.3) is 0 Å². The smallest absolute Gasteiger partial charge is 0.0470 e. The van der Waals surface area contributed by atoms with Gasteiger partial charge in [0.1, 0.15) is 0 Å². The Bertz CT molecular complexity index is 583. The van der Waals surface area contributed by atoms with E-state index in [2.05, 4.69) is 60.5 Å². The molecule has 3 rings (SSSR count). The highest BCUT2D eigenvalue weighted by molar-refractivity contribution is 5.30. The van der Waals surface area contributed by atoms with Crippen LogP contribution in [0, 0.1) is 6.92 Å². The molecule has 0 saturated heterocycles. The van der Waals surface area contributed by atoms with Gasteiger partial charge in [0.15, 0.2) is 0 Å². The zero-order valence-corrected chi connectivity index (χ0v) is 12.5. The van der Waals surface area contributed by atoms with E-state index in [1.165, 1.54) is 47.9 Å². The van der Waals surface area contributed by atoms with Gasteiger partial charge in [0.25, 0.3) is 0 Å². The Balaban J connectivity index is 1.85. The van der Waals surface area contributed by atoms with E-state index in [0.717, 1.165) is 6.54 Å². The predicted octanol–water partition coefficient (Wildman–Crippen LogP) is 3.83. The first-order valence-corrected chi connectivity index (χ1v) is 7.67. The predicted molar refractivity (Wildman–Crippen MR) is 84.1 cm³/mol. The first-order chi connectivity index (χ1) is 9.76. The molecule has 0 radical (unpaired) electrons. The molecule has 1 atom stereocenters. The number of rotatable bonds is 3. The summed E-state index contributed by atoms with van der Waals surface area (Å²) in [6.07, 6.45) is 9.85. The third-order valence-electron chi connectivity index (χ3n) is 4.36. The Morgan fingerprint density at radius 2 is 2.15 bits per heavy atom. The molecule has 0 spiro atoms. The molecule has 0 saturated carbocycles. The summed E-state index contributed by atoms with van der Waals surface area (Å²) < 4.78 is 2.36. The van der Waals surface area contributed by atoms with E-state index in [1.807, 2.05) is 0 Å². The summed E-state index contributed by atoms with van der Waals surface area (Å²) in [4.78, 5) is 0. The highest BCUT2D eigenvalue weighted by Crippen LogP contribution is 2.29. The topological polar surface area (TPSA) is 17.0 Å². The minimum atomic E-state index is 0.534. The summed E-state index contributed by atoms with van der Waals surface area (Å²) in [5.41, 5.74) is 5.77. The van der Waals surface area contributed by atoms with E-state index < -0.39 is 0 Å². The van der Waals surface area contributed by atoms with Gasteiger partial charge in [0.05, 0.1) is 0 Å². The van der Waals surface area contributed by atoms with E-state index in [0.29, 0.717) is 6.04 Å². The summed E-state index contributed by atoms with van der Waals surface area (Å²) in [5.74, 6) is 0. The Morgan fingerprint density at radius 3 is 2.95 bits per heavy atom. The van der Waals surface area contributed by atoms with Gasteiger partial charge in [0.2, 0.25) is 0 Å². The third-order valence-corrected chi connectivity index (χ3v) is 4.36. The Hall–Kier alpha value is -1.54. The second-order valence-electron chi connectivity index (χ2n) is 5.99. The second kappa shape index (κ2) is 5.84. The maximum Gasteiger partial charge on any atom is 0.0470 e. The first kappa shape index (κ1) is 13.4. The molecule has 1 aliphatic rings. The molecule has 1 heterocycles. The van der Waals surface area contributed by atoms with E-state index in [9.17, 15) is 0 Å². The lowest BCUT2D eigenvalue weighted by Crippen LogP contribution is -2.15. The normalized spacial score (nSPS) is 18.6. The van der Waals surface area contributed by atoms with Crippen molar-refractivity contribution in [1.82, 2.24) is 9.88 Å². The average molecular weight is 268 g/mol. The van der Waals surface area contributed by atoms with Crippen LogP contribution in [0.15, 0.2) is 36.7 Å². The lowest BCUT2D eigenvalue weighted by Gasteiger charge is -2.13. The monoisotopic (exact) mass is 268 g/mol. The van der Waals surface area contributed by atoms with E-state index in [4.69, 9.17) is 0 Å². The highest BCUT2D eigenvalue weighted by Gasteiger charge is 2.19. The highest BCUT2D eigenvalue weighted by atomic mass is 15.0. The van der Waals surface area contributed by atoms with Gasteiger partial charge in [-0.1, -0.05) is 36.2 Å². The molecule has 1 unspecified atom stereocenters. The maximum atomic E-state index is 3.47. The minimum absolute atomic E-state index is 0.534. The largest absolute Gasteiger partial charge is 0.349 e. The molecule has 1 N–H and O–H groups in total. The number of benzene rings is 1. The Morgan fingerprint density at radius 1 is 1.25 bits per heavy atom. The molecule has 2 aromatic rings. The number of nitrogens with zero attached hydrogens (tertiary/aromatic N) is 1. The molecule has 0 bridgehead atoms. The summed E-state index contributed by atoms with van der Waals surface area (Å²) in [6.45, 7) is 3.14. The minimum Gasteiger partial charge on any atom is -0.349 e. The van der Waals surface area contributed by atoms with E-state index >= 15 is 0 Å². The zero-order chi connectivity index (χ0) is 13.9. The van der Waals surface area contributed by atoms with Gasteiger partial charge in [-0.05, 0) is 49.9 Å². The number of aromatic nitrogens is 1. The number of hydrogen-bond acceptors (Lipinski definition) is 1. The summed E-state index contributed by atoms with van der Waals surface area (Å²) in [5, 5.41) is 3.47. The van der Waals surface area contributed by atoms with Gasteiger partial charge in [-0.2, -0.15) is 0 Å². The number of fused-ring (bicyclic) bond motifs is 1. The van der Waals surface area contributed by atoms with Crippen molar-refractivity contribution < 1.29 is 0 Å². The van der Waals surface area contributed by atoms with Gasteiger partial charge in [-0.15, -0.1) is 0 Å². The Kier molecular flexibility index (Phi) is 3.93. The van der Waals surface area contributed by atoms with Gasteiger partial charge < -0.3 is 9.88 Å². The number of aryl methyl sites for hydroxylation is 2. The molecule has 1 aliphatic carbocycles. The molecule has 0 aliphatic heterocycles. The first-order valence-electron chi connectivity index (χ1n) is 7.67. The molecular formula is C18H24N2. The fourth-order valence-electron chi connectivity index (χ4n) is 3.33. The van der Waals surface area contributed by atoms with Crippen molar-refractivity contribution in [3.8, 4) is 0 Å². The molecule has 1 aromatic heterocycles. The van der Waals surface area contributed by atoms with Crippen LogP contribution >= 0.6 is 0 Å². The molecule has 106 valence electrons. The second-order valence-corrected chi connectivity index (χ2v) is 5.99. The lowest BCUT2D eigenvalue weighted by atomic mass is 10.1. The van der Waals surface area contributed by atoms with Crippen molar-refractivity contribution in [3.63, 3.8) is 0 Å². The van der Waals surface area contributed by atoms with Gasteiger partial charge in [-0.25, -0.2) is 0 Å². The summed E-state index contributed by atoms with van der Waals surface area (Å²) in [7, 11) is 2.08. The SMILES string of the molecule is CNC1CCCCc2cn(Cc3cccc(C)c3)cc21. The maximum absolute atomic E-state index is 3.47. The molecule has 0 fully saturated rings. The van der Waals surface area contributed by atoms with Crippen LogP contribution in [-0.4, -0.2) is 11.6 Å². The van der Waals surface area contributed by atoms with Crippen LogP contribution in [0.1, 0.15) is 47.6 Å². The van der Waals surface area contributed by atoms with Crippen LogP contribution < -0.4 is 5.32 Å². The molecule has 2 heteroatoms. The summed E-state index contributed by atoms with van der Waals surface area (Å²) in [6, 6.07) is 9.33. The average Bonchev–Trinajstić information content (AvgIpc) is 2.72. The summed E-state index contributed by atoms with van der Waals surface area (Å²) >= 11 is 0. The van der Waals surface area contributed by atoms with Crippen LogP contribution in [-0.2, 0) is 13.0 Å². The van der Waals surface area contributed by atoms with Crippen molar-refractivity contribution >= 4 is 0 Å². The number of nitrogens with one attached hydrogen (secondary N) is 1.